The normalized spacial score (nSPS) is 45.5. The van der Waals surface area contributed by atoms with Gasteiger partial charge in [-0.15, -0.1) is 0 Å². The van der Waals surface area contributed by atoms with Crippen molar-refractivity contribution in [2.24, 2.45) is 4.99 Å². The van der Waals surface area contributed by atoms with Gasteiger partial charge in [-0.1, -0.05) is 11.8 Å². The molecule has 0 saturated carbocycles. The minimum atomic E-state index is -1.07. The van der Waals surface area contributed by atoms with Gasteiger partial charge in [-0.25, -0.2) is 0 Å². The predicted octanol–water partition coefficient (Wildman–Crippen LogP) is -1.49. The van der Waals surface area contributed by atoms with E-state index in [-0.39, 0.29) is 18.1 Å². The molecule has 0 aromatic heterocycles. The summed E-state index contributed by atoms with van der Waals surface area (Å²) in [7, 11) is 0. The maximum Gasteiger partial charge on any atom is 0.159 e. The van der Waals surface area contributed by atoms with Gasteiger partial charge < -0.3 is 25.4 Å². The molecule has 0 aromatic rings. The smallest absolute Gasteiger partial charge is 0.159 e. The fourth-order valence-corrected chi connectivity index (χ4v) is 3.05. The molecule has 0 spiro atoms. The van der Waals surface area contributed by atoms with Crippen molar-refractivity contribution in [2.45, 2.75) is 36.7 Å². The predicted molar refractivity (Wildman–Crippen MR) is 60.3 cm³/mol. The number of aliphatic hydroxyl groups is 3. The van der Waals surface area contributed by atoms with Crippen LogP contribution in [0.2, 0.25) is 0 Å². The molecule has 2 saturated heterocycles. The Morgan fingerprint density at radius 3 is 2.81 bits per heavy atom. The zero-order valence-electron chi connectivity index (χ0n) is 8.91. The highest BCUT2D eigenvalue weighted by Crippen LogP contribution is 2.33. The molecule has 0 amide bonds. The molecule has 2 heterocycles. The Bertz CT molecular complexity index is 289. The first-order chi connectivity index (χ1) is 7.67. The third-order valence-electron chi connectivity index (χ3n) is 2.70. The summed E-state index contributed by atoms with van der Waals surface area (Å²) in [5.41, 5.74) is -0.305. The number of hydrogen-bond donors (Lipinski definition) is 4. The maximum absolute atomic E-state index is 9.86. The number of ether oxygens (including phenoxy) is 1. The van der Waals surface area contributed by atoms with E-state index in [1.165, 1.54) is 11.8 Å². The van der Waals surface area contributed by atoms with Gasteiger partial charge in [0, 0.05) is 6.54 Å². The Labute approximate surface area is 97.7 Å². The molecule has 2 aliphatic rings. The number of rotatable bonds is 2. The quantitative estimate of drug-likeness (QED) is 0.475. The van der Waals surface area contributed by atoms with Gasteiger partial charge in [0.2, 0.25) is 0 Å². The Hall–Kier alpha value is -0.340. The lowest BCUT2D eigenvalue weighted by molar-refractivity contribution is -0.167. The molecule has 6 nitrogen and oxygen atoms in total. The summed E-state index contributed by atoms with van der Waals surface area (Å²) in [5.74, 6) is 0. The van der Waals surface area contributed by atoms with E-state index in [1.54, 1.807) is 0 Å². The zero-order chi connectivity index (χ0) is 11.7. The molecule has 0 aromatic carbocycles. The molecule has 2 fully saturated rings. The standard InChI is InChI=1S/C9H16N2O4S/c1-2-10-9-11-5-7(14)6(13)4(3-12)15-8(5)16-9/h4-8,12-14H,2-3H2,1H3,(H,10,11)/t4-,5+,6+,7+,8+/m1/s1. The summed E-state index contributed by atoms with van der Waals surface area (Å²) < 4.78 is 5.48. The monoisotopic (exact) mass is 248 g/mol. The summed E-state index contributed by atoms with van der Waals surface area (Å²) >= 11 is 1.38. The van der Waals surface area contributed by atoms with Gasteiger partial charge in [0.15, 0.2) is 5.17 Å². The molecule has 2 rings (SSSR count). The largest absolute Gasteiger partial charge is 0.394 e. The lowest BCUT2D eigenvalue weighted by atomic mass is 9.98. The van der Waals surface area contributed by atoms with Crippen LogP contribution in [-0.4, -0.2) is 63.4 Å². The van der Waals surface area contributed by atoms with Crippen molar-refractivity contribution < 1.29 is 20.1 Å². The molecular formula is C9H16N2O4S. The zero-order valence-corrected chi connectivity index (χ0v) is 9.72. The molecule has 0 bridgehead atoms. The lowest BCUT2D eigenvalue weighted by Crippen LogP contribution is -2.59. The average Bonchev–Trinajstić information content (AvgIpc) is 2.67. The minimum absolute atomic E-state index is 0.303. The van der Waals surface area contributed by atoms with Gasteiger partial charge in [0.1, 0.15) is 23.7 Å². The van der Waals surface area contributed by atoms with Crippen LogP contribution >= 0.6 is 11.8 Å². The number of fused-ring (bicyclic) bond motifs is 1. The van der Waals surface area contributed by atoms with Crippen LogP contribution in [0.5, 0.6) is 0 Å². The van der Waals surface area contributed by atoms with Crippen LogP contribution in [-0.2, 0) is 4.74 Å². The van der Waals surface area contributed by atoms with Crippen LogP contribution < -0.4 is 5.32 Å². The first kappa shape index (κ1) is 12.1. The van der Waals surface area contributed by atoms with Crippen LogP contribution in [0.15, 0.2) is 4.99 Å². The van der Waals surface area contributed by atoms with Gasteiger partial charge in [-0.3, -0.25) is 4.99 Å². The SMILES string of the molecule is CCN=C1N[C@H]2[C@H](O)[C@@H](O)[C@@H](CO)O[C@H]2S1. The van der Waals surface area contributed by atoms with E-state index in [0.717, 1.165) is 0 Å². The van der Waals surface area contributed by atoms with E-state index in [4.69, 9.17) is 9.84 Å². The number of aliphatic hydroxyl groups excluding tert-OH is 3. The fraction of sp³-hybridized carbons (Fsp3) is 0.889. The molecule has 7 heteroatoms. The summed E-state index contributed by atoms with van der Waals surface area (Å²) in [4.78, 5) is 4.19. The average molecular weight is 248 g/mol. The Morgan fingerprint density at radius 2 is 2.19 bits per heavy atom. The van der Waals surface area contributed by atoms with Gasteiger partial charge in [-0.2, -0.15) is 0 Å². The minimum Gasteiger partial charge on any atom is -0.394 e. The number of aliphatic imine (C=N–C) groups is 1. The van der Waals surface area contributed by atoms with Gasteiger partial charge in [0.05, 0.1) is 12.6 Å². The lowest BCUT2D eigenvalue weighted by Gasteiger charge is -2.38. The van der Waals surface area contributed by atoms with Crippen LogP contribution in [0.3, 0.4) is 0 Å². The third-order valence-corrected chi connectivity index (χ3v) is 3.81. The van der Waals surface area contributed by atoms with Crippen molar-refractivity contribution in [1.82, 2.24) is 5.32 Å². The highest BCUT2D eigenvalue weighted by atomic mass is 32.2. The molecule has 0 unspecified atom stereocenters. The van der Waals surface area contributed by atoms with Gasteiger partial charge in [0.25, 0.3) is 0 Å². The van der Waals surface area contributed by atoms with Crippen molar-refractivity contribution in [2.75, 3.05) is 13.2 Å². The number of nitrogens with zero attached hydrogens (tertiary/aromatic N) is 1. The van der Waals surface area contributed by atoms with Crippen LogP contribution in [0, 0.1) is 0 Å². The van der Waals surface area contributed by atoms with Gasteiger partial charge in [-0.05, 0) is 6.92 Å². The molecular weight excluding hydrogens is 232 g/mol. The third kappa shape index (κ3) is 2.05. The molecule has 16 heavy (non-hydrogen) atoms. The highest BCUT2D eigenvalue weighted by molar-refractivity contribution is 8.14. The molecule has 0 aliphatic carbocycles. The fourth-order valence-electron chi connectivity index (χ4n) is 1.85. The first-order valence-electron chi connectivity index (χ1n) is 5.27. The number of thioether (sulfide) groups is 1. The molecule has 0 radical (unpaired) electrons. The van der Waals surface area contributed by atoms with Crippen molar-refractivity contribution >= 4 is 16.9 Å². The Morgan fingerprint density at radius 1 is 1.44 bits per heavy atom. The van der Waals surface area contributed by atoms with Crippen LogP contribution in [0.1, 0.15) is 6.92 Å². The van der Waals surface area contributed by atoms with E-state index in [2.05, 4.69) is 10.3 Å². The van der Waals surface area contributed by atoms with E-state index < -0.39 is 18.3 Å². The van der Waals surface area contributed by atoms with Crippen molar-refractivity contribution in [3.63, 3.8) is 0 Å². The Balaban J connectivity index is 2.10. The number of hydrogen-bond acceptors (Lipinski definition) is 6. The van der Waals surface area contributed by atoms with E-state index in [0.29, 0.717) is 11.7 Å². The molecule has 92 valence electrons. The van der Waals surface area contributed by atoms with Gasteiger partial charge >= 0.3 is 0 Å². The van der Waals surface area contributed by atoms with Crippen molar-refractivity contribution in [3.05, 3.63) is 0 Å². The van der Waals surface area contributed by atoms with Crippen molar-refractivity contribution in [3.8, 4) is 0 Å². The van der Waals surface area contributed by atoms with E-state index in [9.17, 15) is 10.2 Å². The van der Waals surface area contributed by atoms with Crippen LogP contribution in [0.4, 0.5) is 0 Å². The van der Waals surface area contributed by atoms with Crippen molar-refractivity contribution in [1.29, 1.82) is 0 Å². The molecule has 5 atom stereocenters. The number of amidine groups is 1. The van der Waals surface area contributed by atoms with Crippen LogP contribution in [0.25, 0.3) is 0 Å². The van der Waals surface area contributed by atoms with E-state index >= 15 is 0 Å². The summed E-state index contributed by atoms with van der Waals surface area (Å²) in [5, 5.41) is 32.3. The Kier molecular flexibility index (Phi) is 3.70. The molecule has 2 aliphatic heterocycles. The second-order valence-corrected chi connectivity index (χ2v) is 4.86. The second kappa shape index (κ2) is 4.89. The second-order valence-electron chi connectivity index (χ2n) is 3.77. The maximum atomic E-state index is 9.86. The highest BCUT2D eigenvalue weighted by Gasteiger charge is 2.48. The topological polar surface area (TPSA) is 94.3 Å². The summed E-state index contributed by atoms with van der Waals surface area (Å²) in [6.07, 6.45) is -2.75. The first-order valence-corrected chi connectivity index (χ1v) is 6.15. The van der Waals surface area contributed by atoms with E-state index in [1.807, 2.05) is 6.92 Å². The summed E-state index contributed by atoms with van der Waals surface area (Å²) in [6.45, 7) is 2.26. The number of nitrogens with one attached hydrogen (secondary N) is 1. The summed E-state index contributed by atoms with van der Waals surface area (Å²) in [6, 6.07) is -0.368. The molecule has 4 N–H and O–H groups in total.